The Balaban J connectivity index is 2.24. The first-order valence-corrected chi connectivity index (χ1v) is 8.02. The van der Waals surface area contributed by atoms with Crippen molar-refractivity contribution in [3.05, 3.63) is 29.6 Å². The molecule has 0 fully saturated rings. The van der Waals surface area contributed by atoms with E-state index < -0.39 is 15.0 Å². The van der Waals surface area contributed by atoms with Gasteiger partial charge in [0.1, 0.15) is 5.82 Å². The van der Waals surface area contributed by atoms with Gasteiger partial charge in [-0.2, -0.15) is 19.5 Å². The summed E-state index contributed by atoms with van der Waals surface area (Å²) in [4.78, 5) is 11.7. The first-order chi connectivity index (χ1) is 10.3. The molecule has 114 valence electrons. The van der Waals surface area contributed by atoms with Gasteiger partial charge in [0.05, 0.1) is 0 Å². The lowest BCUT2D eigenvalue weighted by Crippen LogP contribution is -2.11. The molecule has 8 nitrogen and oxygen atoms in total. The minimum Gasteiger partial charge on any atom is -0.368 e. The maximum atomic E-state index is 13.2. The highest BCUT2D eigenvalue weighted by atomic mass is 32.2. The van der Waals surface area contributed by atoms with E-state index in [9.17, 15) is 12.8 Å². The molecule has 0 saturated heterocycles. The number of fused-ring (bicyclic) bond motifs is 1. The summed E-state index contributed by atoms with van der Waals surface area (Å²) in [6, 6.07) is 4.16. The van der Waals surface area contributed by atoms with Crippen LogP contribution in [0.5, 0.6) is 0 Å². The van der Waals surface area contributed by atoms with Gasteiger partial charge in [-0.15, -0.1) is 5.10 Å². The van der Waals surface area contributed by atoms with Crippen molar-refractivity contribution in [3.8, 4) is 11.4 Å². The zero-order valence-corrected chi connectivity index (χ0v) is 12.5. The Labute approximate surface area is 124 Å². The summed E-state index contributed by atoms with van der Waals surface area (Å²) in [6.07, 6.45) is 0.972. The standard InChI is InChI=1S/C12H11FN6O2S/c1-6-5-7(13)3-4-8(6)9-15-11-17-12(22(2,20)21)16-10(14)19(11)18-9/h3-5H,1-2H3,(H2,14,15,16,17,18). The Kier molecular flexibility index (Phi) is 3.06. The minimum atomic E-state index is -3.62. The summed E-state index contributed by atoms with van der Waals surface area (Å²) < 4.78 is 37.3. The number of anilines is 1. The third kappa shape index (κ3) is 2.37. The van der Waals surface area contributed by atoms with Crippen molar-refractivity contribution in [1.82, 2.24) is 24.6 Å². The summed E-state index contributed by atoms with van der Waals surface area (Å²) in [5.41, 5.74) is 6.91. The topological polar surface area (TPSA) is 116 Å². The molecule has 10 heteroatoms. The van der Waals surface area contributed by atoms with Crippen LogP contribution in [0.25, 0.3) is 17.2 Å². The third-order valence-electron chi connectivity index (χ3n) is 2.97. The summed E-state index contributed by atoms with van der Waals surface area (Å²) in [6.45, 7) is 1.71. The second-order valence-corrected chi connectivity index (χ2v) is 6.65. The Hall–Kier alpha value is -2.62. The molecule has 0 spiro atoms. The molecule has 0 unspecified atom stereocenters. The molecule has 0 aliphatic heterocycles. The fourth-order valence-corrected chi connectivity index (χ4v) is 2.45. The van der Waals surface area contributed by atoms with Gasteiger partial charge in [0.15, 0.2) is 5.82 Å². The zero-order valence-electron chi connectivity index (χ0n) is 11.6. The van der Waals surface area contributed by atoms with Crippen molar-refractivity contribution < 1.29 is 12.8 Å². The Morgan fingerprint density at radius 2 is 1.95 bits per heavy atom. The van der Waals surface area contributed by atoms with Gasteiger partial charge in [0.25, 0.3) is 10.9 Å². The number of hydrogen-bond donors (Lipinski definition) is 1. The molecule has 3 aromatic rings. The molecule has 0 saturated carbocycles. The smallest absolute Gasteiger partial charge is 0.258 e. The Morgan fingerprint density at radius 3 is 2.59 bits per heavy atom. The number of rotatable bonds is 2. The number of nitrogens with zero attached hydrogens (tertiary/aromatic N) is 5. The second-order valence-electron chi connectivity index (χ2n) is 4.74. The first-order valence-electron chi connectivity index (χ1n) is 6.12. The summed E-state index contributed by atoms with van der Waals surface area (Å²) >= 11 is 0. The van der Waals surface area contributed by atoms with Gasteiger partial charge in [0.2, 0.25) is 15.8 Å². The number of sulfone groups is 1. The van der Waals surface area contributed by atoms with Crippen LogP contribution in [-0.2, 0) is 9.84 Å². The average Bonchev–Trinajstić information content (AvgIpc) is 2.81. The van der Waals surface area contributed by atoms with Crippen molar-refractivity contribution in [2.24, 2.45) is 0 Å². The normalized spacial score (nSPS) is 12.0. The van der Waals surface area contributed by atoms with Crippen LogP contribution >= 0.6 is 0 Å². The quantitative estimate of drug-likeness (QED) is 0.735. The van der Waals surface area contributed by atoms with E-state index in [1.165, 1.54) is 18.2 Å². The van der Waals surface area contributed by atoms with Crippen LogP contribution in [0.4, 0.5) is 10.3 Å². The van der Waals surface area contributed by atoms with Crippen LogP contribution in [-0.4, -0.2) is 39.2 Å². The lowest BCUT2D eigenvalue weighted by molar-refractivity contribution is 0.592. The van der Waals surface area contributed by atoms with Gasteiger partial charge in [-0.25, -0.2) is 12.8 Å². The maximum Gasteiger partial charge on any atom is 0.258 e. The van der Waals surface area contributed by atoms with Gasteiger partial charge >= 0.3 is 0 Å². The van der Waals surface area contributed by atoms with E-state index in [0.29, 0.717) is 11.1 Å². The number of aryl methyl sites for hydroxylation is 1. The van der Waals surface area contributed by atoms with Crippen molar-refractivity contribution in [1.29, 1.82) is 0 Å². The number of halogens is 1. The molecule has 0 radical (unpaired) electrons. The lowest BCUT2D eigenvalue weighted by Gasteiger charge is -2.00. The van der Waals surface area contributed by atoms with Crippen molar-refractivity contribution in [2.75, 3.05) is 12.0 Å². The predicted octanol–water partition coefficient (Wildman–Crippen LogP) is 0.620. The minimum absolute atomic E-state index is 0.00616. The fraction of sp³-hybridized carbons (Fsp3) is 0.167. The molecule has 2 heterocycles. The SMILES string of the molecule is Cc1cc(F)ccc1-c1nc2nc(S(C)(=O)=O)nc(N)n2n1. The van der Waals surface area contributed by atoms with E-state index in [-0.39, 0.29) is 23.4 Å². The van der Waals surface area contributed by atoms with Crippen LogP contribution in [0.3, 0.4) is 0 Å². The summed E-state index contributed by atoms with van der Waals surface area (Å²) in [5, 5.41) is 3.71. The molecular weight excluding hydrogens is 311 g/mol. The van der Waals surface area contributed by atoms with Crippen LogP contribution in [0.15, 0.2) is 23.4 Å². The van der Waals surface area contributed by atoms with Gasteiger partial charge < -0.3 is 5.73 Å². The fourth-order valence-electron chi connectivity index (χ4n) is 1.94. The molecule has 0 atom stereocenters. The number of aromatic nitrogens is 5. The van der Waals surface area contributed by atoms with Crippen LogP contribution in [0.1, 0.15) is 5.56 Å². The number of nitrogen functional groups attached to an aromatic ring is 1. The van der Waals surface area contributed by atoms with Crippen molar-refractivity contribution in [2.45, 2.75) is 12.1 Å². The van der Waals surface area contributed by atoms with E-state index >= 15 is 0 Å². The molecule has 3 rings (SSSR count). The molecule has 2 aromatic heterocycles. The highest BCUT2D eigenvalue weighted by Gasteiger charge is 2.18. The van der Waals surface area contributed by atoms with E-state index in [4.69, 9.17) is 5.73 Å². The van der Waals surface area contributed by atoms with E-state index in [1.54, 1.807) is 6.92 Å². The number of benzene rings is 1. The molecule has 2 N–H and O–H groups in total. The van der Waals surface area contributed by atoms with E-state index in [2.05, 4.69) is 20.1 Å². The number of nitrogens with two attached hydrogens (primary N) is 1. The van der Waals surface area contributed by atoms with Crippen molar-refractivity contribution >= 4 is 21.6 Å². The molecule has 0 aliphatic carbocycles. The van der Waals surface area contributed by atoms with Crippen molar-refractivity contribution in [3.63, 3.8) is 0 Å². The van der Waals surface area contributed by atoms with Crippen LogP contribution < -0.4 is 5.73 Å². The Morgan fingerprint density at radius 1 is 1.23 bits per heavy atom. The highest BCUT2D eigenvalue weighted by molar-refractivity contribution is 7.90. The second kappa shape index (κ2) is 4.70. The Bertz CT molecular complexity index is 998. The average molecular weight is 322 g/mol. The van der Waals surface area contributed by atoms with Crippen LogP contribution in [0, 0.1) is 12.7 Å². The molecule has 0 aliphatic rings. The van der Waals surface area contributed by atoms with E-state index in [1.807, 2.05) is 0 Å². The third-order valence-corrected chi connectivity index (χ3v) is 3.82. The zero-order chi connectivity index (χ0) is 16.1. The molecule has 0 amide bonds. The monoisotopic (exact) mass is 322 g/mol. The van der Waals surface area contributed by atoms with Gasteiger partial charge in [-0.1, -0.05) is 0 Å². The molecule has 0 bridgehead atoms. The van der Waals surface area contributed by atoms with Gasteiger partial charge in [0, 0.05) is 11.8 Å². The molecule has 22 heavy (non-hydrogen) atoms. The van der Waals surface area contributed by atoms with E-state index in [0.717, 1.165) is 10.8 Å². The summed E-state index contributed by atoms with van der Waals surface area (Å²) in [7, 11) is -3.62. The highest BCUT2D eigenvalue weighted by Crippen LogP contribution is 2.22. The van der Waals surface area contributed by atoms with Gasteiger partial charge in [-0.3, -0.25) is 0 Å². The first kappa shape index (κ1) is 14.3. The maximum absolute atomic E-state index is 13.2. The molecule has 1 aromatic carbocycles. The molecular formula is C12H11FN6O2S. The lowest BCUT2D eigenvalue weighted by atomic mass is 10.1. The van der Waals surface area contributed by atoms with Gasteiger partial charge in [-0.05, 0) is 30.7 Å². The number of hydrogen-bond acceptors (Lipinski definition) is 7. The largest absolute Gasteiger partial charge is 0.368 e. The predicted molar refractivity (Wildman–Crippen MR) is 76.2 cm³/mol. The van der Waals surface area contributed by atoms with Crippen LogP contribution in [0.2, 0.25) is 0 Å². The summed E-state index contributed by atoms with van der Waals surface area (Å²) in [5.74, 6) is -0.261.